The first-order chi connectivity index (χ1) is 14.5. The Morgan fingerprint density at radius 3 is 2.77 bits per heavy atom. The van der Waals surface area contributed by atoms with Gasteiger partial charge in [0, 0.05) is 37.5 Å². The number of aliphatic hydroxyl groups excluding tert-OH is 1. The number of benzene rings is 1. The van der Waals surface area contributed by atoms with Crippen molar-refractivity contribution < 1.29 is 14.6 Å². The van der Waals surface area contributed by atoms with E-state index in [4.69, 9.17) is 30.6 Å². The molecule has 0 amide bonds. The van der Waals surface area contributed by atoms with Gasteiger partial charge in [0.2, 0.25) is 0 Å². The molecular weight excluding hydrogens is 384 g/mol. The Labute approximate surface area is 176 Å². The van der Waals surface area contributed by atoms with E-state index in [1.165, 1.54) is 6.21 Å². The topological polar surface area (TPSA) is 130 Å². The molecule has 0 spiro atoms. The van der Waals surface area contributed by atoms with Crippen molar-refractivity contribution in [2.45, 2.75) is 26.0 Å². The molecule has 2 heterocycles. The molecule has 2 aromatic rings. The van der Waals surface area contributed by atoms with Crippen molar-refractivity contribution in [1.82, 2.24) is 9.97 Å². The number of hydrogen-bond acceptors (Lipinski definition) is 9. The van der Waals surface area contributed by atoms with Gasteiger partial charge in [0.15, 0.2) is 5.82 Å². The SMILES string of the molecule is CC(C)Nc1nc(-c2cccc(OCC(O)CN)c2)nc(N2CCOCC2)c1C=N. The average molecular weight is 415 g/mol. The van der Waals surface area contributed by atoms with Gasteiger partial charge in [0.05, 0.1) is 18.8 Å². The third-order valence-corrected chi connectivity index (χ3v) is 4.61. The summed E-state index contributed by atoms with van der Waals surface area (Å²) in [5.74, 6) is 2.48. The van der Waals surface area contributed by atoms with Crippen LogP contribution in [0.15, 0.2) is 24.3 Å². The summed E-state index contributed by atoms with van der Waals surface area (Å²) in [7, 11) is 0. The van der Waals surface area contributed by atoms with Crippen molar-refractivity contribution in [2.75, 3.05) is 49.7 Å². The van der Waals surface area contributed by atoms with Crippen LogP contribution in [0.5, 0.6) is 5.75 Å². The summed E-state index contributed by atoms with van der Waals surface area (Å²) in [6.45, 7) is 6.97. The highest BCUT2D eigenvalue weighted by atomic mass is 16.5. The van der Waals surface area contributed by atoms with Gasteiger partial charge >= 0.3 is 0 Å². The summed E-state index contributed by atoms with van der Waals surface area (Å²) >= 11 is 0. The molecule has 9 nitrogen and oxygen atoms in total. The minimum absolute atomic E-state index is 0.118. The number of hydrogen-bond donors (Lipinski definition) is 4. The standard InChI is InChI=1S/C21H30N6O3/c1-14(2)24-20-18(12-23)21(27-6-8-29-9-7-27)26-19(25-20)15-4-3-5-17(10-15)30-13-16(28)11-22/h3-5,10,12,14,16,23,28H,6-9,11,13,22H2,1-2H3,(H,24,25,26). The van der Waals surface area contributed by atoms with Crippen molar-refractivity contribution in [3.05, 3.63) is 29.8 Å². The molecule has 3 rings (SSSR count). The minimum atomic E-state index is -0.716. The predicted molar refractivity (Wildman–Crippen MR) is 118 cm³/mol. The number of rotatable bonds is 9. The molecule has 0 saturated carbocycles. The fourth-order valence-electron chi connectivity index (χ4n) is 3.10. The largest absolute Gasteiger partial charge is 0.491 e. The van der Waals surface area contributed by atoms with Crippen molar-refractivity contribution in [3.63, 3.8) is 0 Å². The van der Waals surface area contributed by atoms with E-state index >= 15 is 0 Å². The van der Waals surface area contributed by atoms with Gasteiger partial charge in [0.25, 0.3) is 0 Å². The number of aromatic nitrogens is 2. The number of nitrogens with zero attached hydrogens (tertiary/aromatic N) is 3. The van der Waals surface area contributed by atoms with Crippen LogP contribution in [0.2, 0.25) is 0 Å². The van der Waals surface area contributed by atoms with E-state index in [2.05, 4.69) is 10.2 Å². The Morgan fingerprint density at radius 2 is 2.10 bits per heavy atom. The van der Waals surface area contributed by atoms with Gasteiger partial charge in [-0.25, -0.2) is 9.97 Å². The van der Waals surface area contributed by atoms with E-state index in [0.717, 1.165) is 5.56 Å². The normalized spacial score (nSPS) is 15.2. The minimum Gasteiger partial charge on any atom is -0.491 e. The van der Waals surface area contributed by atoms with Gasteiger partial charge in [-0.1, -0.05) is 12.1 Å². The lowest BCUT2D eigenvalue weighted by Gasteiger charge is -2.30. The monoisotopic (exact) mass is 414 g/mol. The van der Waals surface area contributed by atoms with Crippen molar-refractivity contribution in [1.29, 1.82) is 5.41 Å². The summed E-state index contributed by atoms with van der Waals surface area (Å²) in [5.41, 5.74) is 6.88. The Kier molecular flexibility index (Phi) is 7.56. The fraction of sp³-hybridized carbons (Fsp3) is 0.476. The second kappa shape index (κ2) is 10.3. The smallest absolute Gasteiger partial charge is 0.164 e. The summed E-state index contributed by atoms with van der Waals surface area (Å²) in [6.07, 6.45) is 0.582. The maximum absolute atomic E-state index is 9.64. The molecule has 1 aromatic carbocycles. The lowest BCUT2D eigenvalue weighted by molar-refractivity contribution is 0.114. The Hall–Kier alpha value is -2.75. The lowest BCUT2D eigenvalue weighted by Crippen LogP contribution is -2.37. The van der Waals surface area contributed by atoms with Gasteiger partial charge in [-0.05, 0) is 26.0 Å². The van der Waals surface area contributed by atoms with E-state index in [-0.39, 0.29) is 19.2 Å². The highest BCUT2D eigenvalue weighted by molar-refractivity contribution is 5.92. The molecule has 30 heavy (non-hydrogen) atoms. The molecular formula is C21H30N6O3. The lowest BCUT2D eigenvalue weighted by atomic mass is 10.1. The van der Waals surface area contributed by atoms with Crippen molar-refractivity contribution in [2.24, 2.45) is 5.73 Å². The molecule has 1 aromatic heterocycles. The molecule has 1 aliphatic rings. The number of morpholine rings is 1. The molecule has 0 radical (unpaired) electrons. The van der Waals surface area contributed by atoms with Gasteiger partial charge in [-0.3, -0.25) is 0 Å². The van der Waals surface area contributed by atoms with Crippen LogP contribution in [0, 0.1) is 5.41 Å². The van der Waals surface area contributed by atoms with Crippen LogP contribution >= 0.6 is 0 Å². The molecule has 5 N–H and O–H groups in total. The maximum atomic E-state index is 9.64. The van der Waals surface area contributed by atoms with Crippen LogP contribution in [-0.4, -0.2) is 72.9 Å². The molecule has 1 aliphatic heterocycles. The fourth-order valence-corrected chi connectivity index (χ4v) is 3.10. The Balaban J connectivity index is 2.00. The molecule has 1 atom stereocenters. The number of ether oxygens (including phenoxy) is 2. The first kappa shape index (κ1) is 21.9. The second-order valence-corrected chi connectivity index (χ2v) is 7.40. The van der Waals surface area contributed by atoms with E-state index in [1.807, 2.05) is 38.1 Å². The van der Waals surface area contributed by atoms with Crippen molar-refractivity contribution >= 4 is 17.9 Å². The van der Waals surface area contributed by atoms with E-state index in [9.17, 15) is 5.11 Å². The third kappa shape index (κ3) is 5.44. The van der Waals surface area contributed by atoms with E-state index in [1.54, 1.807) is 0 Å². The maximum Gasteiger partial charge on any atom is 0.164 e. The van der Waals surface area contributed by atoms with Gasteiger partial charge in [-0.2, -0.15) is 0 Å². The summed E-state index contributed by atoms with van der Waals surface area (Å²) < 4.78 is 11.1. The zero-order chi connectivity index (χ0) is 21.5. The zero-order valence-corrected chi connectivity index (χ0v) is 17.5. The van der Waals surface area contributed by atoms with Crippen LogP contribution in [0.3, 0.4) is 0 Å². The highest BCUT2D eigenvalue weighted by Crippen LogP contribution is 2.29. The van der Waals surface area contributed by atoms with Crippen LogP contribution in [-0.2, 0) is 4.74 Å². The van der Waals surface area contributed by atoms with Gasteiger partial charge in [0.1, 0.15) is 30.1 Å². The van der Waals surface area contributed by atoms with E-state index < -0.39 is 6.10 Å². The Bertz CT molecular complexity index is 855. The predicted octanol–water partition coefficient (Wildman–Crippen LogP) is 1.50. The number of nitrogens with two attached hydrogens (primary N) is 1. The van der Waals surface area contributed by atoms with Gasteiger partial charge in [-0.15, -0.1) is 0 Å². The number of anilines is 2. The number of nitrogens with one attached hydrogen (secondary N) is 2. The molecule has 1 fully saturated rings. The third-order valence-electron chi connectivity index (χ3n) is 4.61. The average Bonchev–Trinajstić information content (AvgIpc) is 2.77. The quantitative estimate of drug-likeness (QED) is 0.454. The molecule has 0 bridgehead atoms. The molecule has 162 valence electrons. The zero-order valence-electron chi connectivity index (χ0n) is 17.5. The van der Waals surface area contributed by atoms with Crippen molar-refractivity contribution in [3.8, 4) is 17.1 Å². The van der Waals surface area contributed by atoms with Crippen LogP contribution < -0.4 is 20.7 Å². The summed E-state index contributed by atoms with van der Waals surface area (Å²) in [4.78, 5) is 11.6. The molecule has 9 heteroatoms. The van der Waals surface area contributed by atoms with Gasteiger partial charge < -0.3 is 35.9 Å². The first-order valence-corrected chi connectivity index (χ1v) is 10.1. The van der Waals surface area contributed by atoms with Crippen LogP contribution in [0.1, 0.15) is 19.4 Å². The Morgan fingerprint density at radius 1 is 1.33 bits per heavy atom. The first-order valence-electron chi connectivity index (χ1n) is 10.1. The van der Waals surface area contributed by atoms with Crippen LogP contribution in [0.25, 0.3) is 11.4 Å². The highest BCUT2D eigenvalue weighted by Gasteiger charge is 2.21. The number of aliphatic hydroxyl groups is 1. The molecule has 0 aliphatic carbocycles. The van der Waals surface area contributed by atoms with E-state index in [0.29, 0.717) is 55.1 Å². The summed E-state index contributed by atoms with van der Waals surface area (Å²) in [6, 6.07) is 7.57. The molecule has 1 unspecified atom stereocenters. The second-order valence-electron chi connectivity index (χ2n) is 7.40. The summed E-state index contributed by atoms with van der Waals surface area (Å²) in [5, 5.41) is 20.9. The van der Waals surface area contributed by atoms with Crippen LogP contribution in [0.4, 0.5) is 11.6 Å². The molecule has 1 saturated heterocycles.